The fourth-order valence-corrected chi connectivity index (χ4v) is 1.41. The number of nitrogen functional groups attached to an aromatic ring is 1. The summed E-state index contributed by atoms with van der Waals surface area (Å²) in [7, 11) is 0. The Balaban J connectivity index is 3.02. The van der Waals surface area contributed by atoms with Crippen molar-refractivity contribution in [2.45, 2.75) is 26.9 Å². The lowest BCUT2D eigenvalue weighted by Crippen LogP contribution is -2.21. The second kappa shape index (κ2) is 6.81. The van der Waals surface area contributed by atoms with Gasteiger partial charge in [-0.1, -0.05) is 0 Å². The van der Waals surface area contributed by atoms with Gasteiger partial charge in [0.2, 0.25) is 5.95 Å². The van der Waals surface area contributed by atoms with E-state index in [9.17, 15) is 10.1 Å². The Morgan fingerprint density at radius 3 is 2.74 bits per heavy atom. The minimum absolute atomic E-state index is 0.0571. The lowest BCUT2D eigenvalue weighted by atomic mass is 10.3. The number of aromatic nitrogens is 2. The molecule has 1 rings (SSSR count). The molecular weight excluding hydrogens is 254 g/mol. The van der Waals surface area contributed by atoms with Crippen molar-refractivity contribution in [3.8, 4) is 5.88 Å². The Morgan fingerprint density at radius 2 is 2.21 bits per heavy atom. The van der Waals surface area contributed by atoms with Crippen molar-refractivity contribution in [2.24, 2.45) is 5.84 Å². The number of anilines is 1. The Hall–Kier alpha value is -2.00. The molecule has 1 unspecified atom stereocenters. The maximum absolute atomic E-state index is 11.0. The van der Waals surface area contributed by atoms with E-state index in [-0.39, 0.29) is 29.3 Å². The Morgan fingerprint density at radius 1 is 1.53 bits per heavy atom. The average molecular weight is 271 g/mol. The summed E-state index contributed by atoms with van der Waals surface area (Å²) in [5.74, 6) is 5.13. The van der Waals surface area contributed by atoms with Gasteiger partial charge < -0.3 is 9.47 Å². The van der Waals surface area contributed by atoms with Gasteiger partial charge in [0.05, 0.1) is 11.5 Å². The summed E-state index contributed by atoms with van der Waals surface area (Å²) in [5, 5.41) is 11.0. The van der Waals surface area contributed by atoms with Gasteiger partial charge in [0, 0.05) is 6.61 Å². The smallest absolute Gasteiger partial charge is 0.352 e. The molecule has 9 nitrogen and oxygen atoms in total. The SMILES string of the molecule is CCOCC(C)Oc1nc(NN)nc(C)c1[N+](=O)[O-]. The van der Waals surface area contributed by atoms with Crippen molar-refractivity contribution in [2.75, 3.05) is 18.6 Å². The van der Waals surface area contributed by atoms with Crippen LogP contribution in [-0.4, -0.2) is 34.2 Å². The third kappa shape index (κ3) is 4.00. The van der Waals surface area contributed by atoms with Crippen LogP contribution in [0.4, 0.5) is 11.6 Å². The van der Waals surface area contributed by atoms with Crippen LogP contribution in [0.3, 0.4) is 0 Å². The molecule has 0 aliphatic heterocycles. The van der Waals surface area contributed by atoms with Crippen LogP contribution < -0.4 is 16.0 Å². The van der Waals surface area contributed by atoms with Crippen LogP contribution in [0.5, 0.6) is 5.88 Å². The maximum Gasteiger partial charge on any atom is 0.352 e. The zero-order valence-corrected chi connectivity index (χ0v) is 11.0. The third-order valence-corrected chi connectivity index (χ3v) is 2.21. The molecule has 0 aliphatic carbocycles. The van der Waals surface area contributed by atoms with Crippen LogP contribution in [0.2, 0.25) is 0 Å². The second-order valence-corrected chi connectivity index (χ2v) is 3.78. The lowest BCUT2D eigenvalue weighted by Gasteiger charge is -2.14. The lowest BCUT2D eigenvalue weighted by molar-refractivity contribution is -0.387. The zero-order chi connectivity index (χ0) is 14.4. The predicted molar refractivity (Wildman–Crippen MR) is 67.8 cm³/mol. The van der Waals surface area contributed by atoms with Crippen molar-refractivity contribution < 1.29 is 14.4 Å². The van der Waals surface area contributed by atoms with E-state index in [4.69, 9.17) is 15.3 Å². The molecule has 0 amide bonds. The van der Waals surface area contributed by atoms with Gasteiger partial charge in [0.1, 0.15) is 11.8 Å². The van der Waals surface area contributed by atoms with Gasteiger partial charge in [-0.25, -0.2) is 10.8 Å². The van der Waals surface area contributed by atoms with Gasteiger partial charge in [0.25, 0.3) is 5.88 Å². The molecule has 0 aromatic carbocycles. The van der Waals surface area contributed by atoms with Gasteiger partial charge in [-0.05, 0) is 20.8 Å². The molecule has 1 aromatic heterocycles. The van der Waals surface area contributed by atoms with Crippen LogP contribution in [0, 0.1) is 17.0 Å². The number of nitrogens with one attached hydrogen (secondary N) is 1. The minimum Gasteiger partial charge on any atom is -0.467 e. The second-order valence-electron chi connectivity index (χ2n) is 3.78. The molecular formula is C10H17N5O4. The quantitative estimate of drug-likeness (QED) is 0.423. The molecule has 0 radical (unpaired) electrons. The highest BCUT2D eigenvalue weighted by Crippen LogP contribution is 2.29. The largest absolute Gasteiger partial charge is 0.467 e. The van der Waals surface area contributed by atoms with Crippen molar-refractivity contribution in [1.29, 1.82) is 0 Å². The number of hydrogen-bond acceptors (Lipinski definition) is 8. The molecule has 0 saturated carbocycles. The first-order valence-electron chi connectivity index (χ1n) is 5.73. The average Bonchev–Trinajstić information content (AvgIpc) is 2.35. The van der Waals surface area contributed by atoms with Crippen LogP contribution in [0.1, 0.15) is 19.5 Å². The topological polar surface area (TPSA) is 125 Å². The number of nitrogens with two attached hydrogens (primary N) is 1. The van der Waals surface area contributed by atoms with Crippen molar-refractivity contribution in [3.63, 3.8) is 0 Å². The maximum atomic E-state index is 11.0. The molecule has 0 spiro atoms. The first-order chi connectivity index (χ1) is 8.99. The number of hydrazine groups is 1. The molecule has 1 atom stereocenters. The zero-order valence-electron chi connectivity index (χ0n) is 11.0. The van der Waals surface area contributed by atoms with Crippen LogP contribution in [0.15, 0.2) is 0 Å². The Bertz CT molecular complexity index is 454. The van der Waals surface area contributed by atoms with Crippen LogP contribution in [0.25, 0.3) is 0 Å². The van der Waals surface area contributed by atoms with Crippen molar-refractivity contribution in [3.05, 3.63) is 15.8 Å². The summed E-state index contributed by atoms with van der Waals surface area (Å²) in [6.45, 7) is 5.91. The molecule has 1 heterocycles. The number of nitro groups is 1. The van der Waals surface area contributed by atoms with Crippen molar-refractivity contribution >= 4 is 11.6 Å². The highest BCUT2D eigenvalue weighted by Gasteiger charge is 2.25. The Labute approximate surface area is 110 Å². The fourth-order valence-electron chi connectivity index (χ4n) is 1.41. The number of ether oxygens (including phenoxy) is 2. The van der Waals surface area contributed by atoms with Gasteiger partial charge in [-0.3, -0.25) is 15.5 Å². The summed E-state index contributed by atoms with van der Waals surface area (Å²) in [6.07, 6.45) is -0.376. The van der Waals surface area contributed by atoms with Gasteiger partial charge in [0.15, 0.2) is 0 Å². The fraction of sp³-hybridized carbons (Fsp3) is 0.600. The number of hydrogen-bond donors (Lipinski definition) is 2. The van der Waals surface area contributed by atoms with Crippen LogP contribution >= 0.6 is 0 Å². The monoisotopic (exact) mass is 271 g/mol. The third-order valence-electron chi connectivity index (χ3n) is 2.21. The van der Waals surface area contributed by atoms with E-state index >= 15 is 0 Å². The highest BCUT2D eigenvalue weighted by atomic mass is 16.6. The number of aryl methyl sites for hydroxylation is 1. The summed E-state index contributed by atoms with van der Waals surface area (Å²) in [6, 6.07) is 0. The van der Waals surface area contributed by atoms with E-state index in [0.717, 1.165) is 0 Å². The highest BCUT2D eigenvalue weighted by molar-refractivity contribution is 5.48. The first kappa shape index (κ1) is 15.1. The molecule has 0 aliphatic rings. The molecule has 3 N–H and O–H groups in total. The van der Waals surface area contributed by atoms with E-state index < -0.39 is 4.92 Å². The molecule has 19 heavy (non-hydrogen) atoms. The molecule has 9 heteroatoms. The standard InChI is InChI=1S/C10H17N5O4/c1-4-18-5-6(2)19-9-8(15(16)17)7(3)12-10(13-9)14-11/h6H,4-5,11H2,1-3H3,(H,12,13,14). The van der Waals surface area contributed by atoms with E-state index in [1.54, 1.807) is 6.92 Å². The molecule has 106 valence electrons. The van der Waals surface area contributed by atoms with Gasteiger partial charge >= 0.3 is 5.69 Å². The predicted octanol–water partition coefficient (Wildman–Crippen LogP) is 0.783. The molecule has 0 bridgehead atoms. The number of rotatable bonds is 7. The number of nitrogens with zero attached hydrogens (tertiary/aromatic N) is 3. The van der Waals surface area contributed by atoms with Crippen LogP contribution in [-0.2, 0) is 4.74 Å². The molecule has 0 saturated heterocycles. The summed E-state index contributed by atoms with van der Waals surface area (Å²) < 4.78 is 10.6. The summed E-state index contributed by atoms with van der Waals surface area (Å²) >= 11 is 0. The van der Waals surface area contributed by atoms with E-state index in [1.165, 1.54) is 6.92 Å². The van der Waals surface area contributed by atoms with Crippen molar-refractivity contribution in [1.82, 2.24) is 9.97 Å². The summed E-state index contributed by atoms with van der Waals surface area (Å²) in [4.78, 5) is 18.1. The Kier molecular flexibility index (Phi) is 5.39. The van der Waals surface area contributed by atoms with Gasteiger partial charge in [-0.15, -0.1) is 0 Å². The van der Waals surface area contributed by atoms with E-state index in [2.05, 4.69) is 15.4 Å². The first-order valence-corrected chi connectivity index (χ1v) is 5.73. The van der Waals surface area contributed by atoms with E-state index in [0.29, 0.717) is 13.2 Å². The minimum atomic E-state index is -0.585. The normalized spacial score (nSPS) is 12.0. The summed E-state index contributed by atoms with van der Waals surface area (Å²) in [5.41, 5.74) is 2.13. The van der Waals surface area contributed by atoms with Gasteiger partial charge in [-0.2, -0.15) is 4.98 Å². The van der Waals surface area contributed by atoms with E-state index in [1.807, 2.05) is 6.92 Å². The molecule has 1 aromatic rings. The molecule has 0 fully saturated rings.